The number of ketones is 1. The van der Waals surface area contributed by atoms with Crippen LogP contribution in [0.4, 0.5) is 5.69 Å². The molecule has 1 aliphatic carbocycles. The van der Waals surface area contributed by atoms with Crippen molar-refractivity contribution in [2.24, 2.45) is 0 Å². The van der Waals surface area contributed by atoms with Crippen LogP contribution in [-0.2, 0) is 6.42 Å². The highest BCUT2D eigenvalue weighted by Crippen LogP contribution is 2.33. The second kappa shape index (κ2) is 8.88. The summed E-state index contributed by atoms with van der Waals surface area (Å²) in [5.41, 5.74) is 1.49. The van der Waals surface area contributed by atoms with E-state index < -0.39 is 11.5 Å². The predicted octanol–water partition coefficient (Wildman–Crippen LogP) is 4.21. The molecule has 1 amide bonds. The van der Waals surface area contributed by atoms with Crippen LogP contribution in [0.1, 0.15) is 44.3 Å². The number of carbonyl (C=O) groups is 2. The number of H-pyrrole nitrogens is 1. The van der Waals surface area contributed by atoms with Gasteiger partial charge in [0.15, 0.2) is 5.78 Å². The maximum atomic E-state index is 12.9. The molecule has 0 spiro atoms. The summed E-state index contributed by atoms with van der Waals surface area (Å²) in [5, 5.41) is 3.04. The molecule has 3 aromatic rings. The van der Waals surface area contributed by atoms with Gasteiger partial charge in [-0.3, -0.25) is 14.4 Å². The number of methoxy groups -OCH3 is 2. The minimum Gasteiger partial charge on any atom is -0.497 e. The molecule has 7 nitrogen and oxygen atoms in total. The Morgan fingerprint density at radius 3 is 2.47 bits per heavy atom. The Morgan fingerprint density at radius 1 is 1.03 bits per heavy atom. The van der Waals surface area contributed by atoms with Crippen LogP contribution in [0.3, 0.4) is 0 Å². The highest BCUT2D eigenvalue weighted by molar-refractivity contribution is 6.31. The number of aromatic nitrogens is 1. The van der Waals surface area contributed by atoms with Gasteiger partial charge in [0.25, 0.3) is 11.5 Å². The molecular formula is C24H21ClN2O5. The van der Waals surface area contributed by atoms with E-state index in [1.807, 2.05) is 24.3 Å². The van der Waals surface area contributed by atoms with E-state index in [9.17, 15) is 14.4 Å². The number of anilines is 1. The van der Waals surface area contributed by atoms with E-state index in [0.29, 0.717) is 34.1 Å². The molecular weight excluding hydrogens is 432 g/mol. The molecule has 2 aromatic carbocycles. The molecule has 8 heteroatoms. The standard InChI is InChI=1S/C24H21ClN2O5/c1-31-16-6-3-13(4-7-16)14-9-19-17(21(28)10-14)12-18(23(29)26-19)24(30)27-20-11-15(25)5-8-22(20)32-2/h3-8,11-12,14H,9-10H2,1-2H3,(H,26,29)(H,27,30). The number of hydrogen-bond donors (Lipinski definition) is 2. The van der Waals surface area contributed by atoms with E-state index >= 15 is 0 Å². The molecule has 0 bridgehead atoms. The fraction of sp³-hybridized carbons (Fsp3) is 0.208. The van der Waals surface area contributed by atoms with Crippen molar-refractivity contribution in [3.63, 3.8) is 0 Å². The fourth-order valence-corrected chi connectivity index (χ4v) is 4.05. The zero-order chi connectivity index (χ0) is 22.8. The number of nitrogens with one attached hydrogen (secondary N) is 2. The van der Waals surface area contributed by atoms with Crippen molar-refractivity contribution in [1.82, 2.24) is 4.98 Å². The predicted molar refractivity (Wildman–Crippen MR) is 121 cm³/mol. The van der Waals surface area contributed by atoms with E-state index in [2.05, 4.69) is 10.3 Å². The zero-order valence-corrected chi connectivity index (χ0v) is 18.3. The van der Waals surface area contributed by atoms with Crippen LogP contribution in [0, 0.1) is 0 Å². The second-order valence-electron chi connectivity index (χ2n) is 7.50. The second-order valence-corrected chi connectivity index (χ2v) is 7.94. The van der Waals surface area contributed by atoms with Gasteiger partial charge in [-0.1, -0.05) is 23.7 Å². The first kappa shape index (κ1) is 21.6. The van der Waals surface area contributed by atoms with Crippen LogP contribution in [0.2, 0.25) is 5.02 Å². The van der Waals surface area contributed by atoms with Gasteiger partial charge in [-0.2, -0.15) is 0 Å². The van der Waals surface area contributed by atoms with E-state index in [1.165, 1.54) is 19.2 Å². The van der Waals surface area contributed by atoms with Crippen molar-refractivity contribution >= 4 is 29.0 Å². The number of benzene rings is 2. The van der Waals surface area contributed by atoms with Crippen LogP contribution in [0.15, 0.2) is 53.3 Å². The topological polar surface area (TPSA) is 97.5 Å². The molecule has 1 atom stereocenters. The lowest BCUT2D eigenvalue weighted by molar-refractivity contribution is 0.0963. The Balaban J connectivity index is 1.61. The van der Waals surface area contributed by atoms with Gasteiger partial charge in [-0.25, -0.2) is 0 Å². The van der Waals surface area contributed by atoms with Gasteiger partial charge < -0.3 is 19.8 Å². The van der Waals surface area contributed by atoms with Crippen LogP contribution in [0.25, 0.3) is 0 Å². The van der Waals surface area contributed by atoms with Crippen molar-refractivity contribution < 1.29 is 19.1 Å². The van der Waals surface area contributed by atoms with Crippen LogP contribution in [0.5, 0.6) is 11.5 Å². The third kappa shape index (κ3) is 4.24. The van der Waals surface area contributed by atoms with Crippen LogP contribution >= 0.6 is 11.6 Å². The summed E-state index contributed by atoms with van der Waals surface area (Å²) >= 11 is 6.00. The third-order valence-corrected chi connectivity index (χ3v) is 5.78. The Labute approximate surface area is 189 Å². The molecule has 2 N–H and O–H groups in total. The van der Waals surface area contributed by atoms with E-state index in [4.69, 9.17) is 21.1 Å². The maximum Gasteiger partial charge on any atom is 0.261 e. The van der Waals surface area contributed by atoms with E-state index in [0.717, 1.165) is 11.3 Å². The largest absolute Gasteiger partial charge is 0.497 e. The molecule has 0 radical (unpaired) electrons. The number of aromatic amines is 1. The first-order valence-corrected chi connectivity index (χ1v) is 10.4. The summed E-state index contributed by atoms with van der Waals surface area (Å²) < 4.78 is 10.4. The quantitative estimate of drug-likeness (QED) is 0.604. The fourth-order valence-electron chi connectivity index (χ4n) is 3.88. The SMILES string of the molecule is COc1ccc(C2CC(=O)c3cc(C(=O)Nc4cc(Cl)ccc4OC)c(=O)[nH]c3C2)cc1. The molecule has 164 valence electrons. The summed E-state index contributed by atoms with van der Waals surface area (Å²) in [7, 11) is 3.05. The van der Waals surface area contributed by atoms with Crippen LogP contribution < -0.4 is 20.3 Å². The number of fused-ring (bicyclic) bond motifs is 1. The number of pyridine rings is 1. The van der Waals surface area contributed by atoms with Gasteiger partial charge in [-0.05, 0) is 54.3 Å². The zero-order valence-electron chi connectivity index (χ0n) is 17.5. The lowest BCUT2D eigenvalue weighted by Gasteiger charge is -2.24. The number of carbonyl (C=O) groups excluding carboxylic acids is 2. The van der Waals surface area contributed by atoms with Gasteiger partial charge >= 0.3 is 0 Å². The van der Waals surface area contributed by atoms with Crippen molar-refractivity contribution in [3.8, 4) is 11.5 Å². The number of rotatable bonds is 5. The number of halogens is 1. The number of amides is 1. The molecule has 1 aromatic heterocycles. The van der Waals surface area contributed by atoms with E-state index in [1.54, 1.807) is 19.2 Å². The average molecular weight is 453 g/mol. The molecule has 4 rings (SSSR count). The van der Waals surface area contributed by atoms with Gasteiger partial charge in [-0.15, -0.1) is 0 Å². The van der Waals surface area contributed by atoms with Crippen molar-refractivity contribution in [2.75, 3.05) is 19.5 Å². The summed E-state index contributed by atoms with van der Waals surface area (Å²) in [6.07, 6.45) is 0.779. The first-order chi connectivity index (χ1) is 15.4. The minimum absolute atomic E-state index is 0.0630. The Kier molecular flexibility index (Phi) is 6.01. The van der Waals surface area contributed by atoms with Crippen molar-refractivity contribution in [3.05, 3.63) is 86.3 Å². The van der Waals surface area contributed by atoms with Crippen molar-refractivity contribution in [1.29, 1.82) is 0 Å². The third-order valence-electron chi connectivity index (χ3n) is 5.55. The lowest BCUT2D eigenvalue weighted by Crippen LogP contribution is -2.29. The van der Waals surface area contributed by atoms with Gasteiger partial charge in [0, 0.05) is 22.7 Å². The molecule has 0 fully saturated rings. The normalized spacial score (nSPS) is 15.1. The number of hydrogen-bond acceptors (Lipinski definition) is 5. The molecule has 0 saturated heterocycles. The molecule has 1 unspecified atom stereocenters. The Morgan fingerprint density at radius 2 is 1.78 bits per heavy atom. The number of ether oxygens (including phenoxy) is 2. The maximum absolute atomic E-state index is 12.9. The summed E-state index contributed by atoms with van der Waals surface area (Å²) in [6.45, 7) is 0. The lowest BCUT2D eigenvalue weighted by atomic mass is 9.81. The van der Waals surface area contributed by atoms with Gasteiger partial charge in [0.2, 0.25) is 0 Å². The first-order valence-electron chi connectivity index (χ1n) is 9.98. The highest BCUT2D eigenvalue weighted by Gasteiger charge is 2.29. The van der Waals surface area contributed by atoms with Gasteiger partial charge in [0.1, 0.15) is 17.1 Å². The molecule has 0 aliphatic heterocycles. The minimum atomic E-state index is -0.653. The molecule has 0 saturated carbocycles. The smallest absolute Gasteiger partial charge is 0.261 e. The summed E-state index contributed by atoms with van der Waals surface area (Å²) in [5.74, 6) is 0.289. The highest BCUT2D eigenvalue weighted by atomic mass is 35.5. The Hall–Kier alpha value is -3.58. The molecule has 32 heavy (non-hydrogen) atoms. The average Bonchev–Trinajstić information content (AvgIpc) is 2.78. The van der Waals surface area contributed by atoms with Crippen molar-refractivity contribution in [2.45, 2.75) is 18.8 Å². The number of Topliss-reactive ketones (excluding diaryl/α,β-unsaturated/α-hetero) is 1. The van der Waals surface area contributed by atoms with E-state index in [-0.39, 0.29) is 23.7 Å². The summed E-state index contributed by atoms with van der Waals surface area (Å²) in [4.78, 5) is 41.1. The molecule has 1 heterocycles. The monoisotopic (exact) mass is 452 g/mol. The summed E-state index contributed by atoms with van der Waals surface area (Å²) in [6, 6.07) is 13.6. The Bertz CT molecular complexity index is 1250. The molecule has 1 aliphatic rings. The van der Waals surface area contributed by atoms with Crippen LogP contribution in [-0.4, -0.2) is 30.9 Å². The van der Waals surface area contributed by atoms with Gasteiger partial charge in [0.05, 0.1) is 19.9 Å².